The number of rotatable bonds is 3. The van der Waals surface area contributed by atoms with Crippen molar-refractivity contribution in [2.45, 2.75) is 32.1 Å². The summed E-state index contributed by atoms with van der Waals surface area (Å²) in [7, 11) is 0. The van der Waals surface area contributed by atoms with E-state index in [1.54, 1.807) is 18.2 Å². The van der Waals surface area contributed by atoms with E-state index in [0.29, 0.717) is 5.56 Å². The summed E-state index contributed by atoms with van der Waals surface area (Å²) in [5.74, 6) is -0.528. The second kappa shape index (κ2) is 5.19. The van der Waals surface area contributed by atoms with Crippen LogP contribution in [0.5, 0.6) is 0 Å². The Balaban J connectivity index is 1.78. The minimum atomic E-state index is -0.330. The monoisotopic (exact) mass is 271 g/mol. The highest BCUT2D eigenvalue weighted by atomic mass is 16.2. The van der Waals surface area contributed by atoms with Gasteiger partial charge in [0.25, 0.3) is 5.91 Å². The van der Waals surface area contributed by atoms with Gasteiger partial charge in [0, 0.05) is 11.5 Å². The van der Waals surface area contributed by atoms with E-state index < -0.39 is 0 Å². The first-order chi connectivity index (χ1) is 9.66. The second-order valence-electron chi connectivity index (χ2n) is 5.57. The molecule has 1 aliphatic heterocycles. The van der Waals surface area contributed by atoms with Gasteiger partial charge in [-0.15, -0.1) is 0 Å². The topological polar surface area (TPSA) is 54.5 Å². The van der Waals surface area contributed by atoms with Crippen molar-refractivity contribution in [3.63, 3.8) is 0 Å². The van der Waals surface area contributed by atoms with Gasteiger partial charge in [0.2, 0.25) is 5.91 Å². The Morgan fingerprint density at radius 1 is 1.15 bits per heavy atom. The van der Waals surface area contributed by atoms with Gasteiger partial charge in [-0.3, -0.25) is 19.3 Å². The summed E-state index contributed by atoms with van der Waals surface area (Å²) in [6.45, 7) is -0.0589. The standard InChI is InChI=1S/C16H17NO3/c18-14(11-5-1-2-6-11)10-17-15(19)9-12-7-3-4-8-13(12)16(17)20/h3-4,7-8,11H,1-2,5-6,9-10H2. The van der Waals surface area contributed by atoms with Crippen LogP contribution in [-0.4, -0.2) is 29.0 Å². The maximum Gasteiger partial charge on any atom is 0.261 e. The number of imide groups is 1. The number of carbonyl (C=O) groups excluding carboxylic acids is 3. The number of Topliss-reactive ketones (excluding diaryl/α,β-unsaturated/α-hetero) is 1. The molecule has 0 spiro atoms. The largest absolute Gasteiger partial charge is 0.297 e. The molecule has 1 aromatic rings. The molecule has 3 rings (SSSR count). The molecule has 0 saturated heterocycles. The lowest BCUT2D eigenvalue weighted by molar-refractivity contribution is -0.134. The highest BCUT2D eigenvalue weighted by Gasteiger charge is 2.34. The van der Waals surface area contributed by atoms with Crippen molar-refractivity contribution in [3.8, 4) is 0 Å². The van der Waals surface area contributed by atoms with Gasteiger partial charge in [-0.2, -0.15) is 0 Å². The number of nitrogens with zero attached hydrogens (tertiary/aromatic N) is 1. The first-order valence-corrected chi connectivity index (χ1v) is 7.12. The van der Waals surface area contributed by atoms with Crippen LogP contribution >= 0.6 is 0 Å². The van der Waals surface area contributed by atoms with E-state index in [4.69, 9.17) is 0 Å². The fraction of sp³-hybridized carbons (Fsp3) is 0.438. The lowest BCUT2D eigenvalue weighted by atomic mass is 9.96. The predicted molar refractivity (Wildman–Crippen MR) is 73.2 cm³/mol. The molecular formula is C16H17NO3. The maximum atomic E-state index is 12.3. The molecule has 1 saturated carbocycles. The third-order valence-corrected chi connectivity index (χ3v) is 4.26. The molecule has 1 aliphatic carbocycles. The van der Waals surface area contributed by atoms with Gasteiger partial charge in [-0.05, 0) is 24.5 Å². The summed E-state index contributed by atoms with van der Waals surface area (Å²) in [4.78, 5) is 37.7. The van der Waals surface area contributed by atoms with Crippen molar-refractivity contribution in [3.05, 3.63) is 35.4 Å². The molecule has 104 valence electrons. The molecule has 4 nitrogen and oxygen atoms in total. The van der Waals surface area contributed by atoms with E-state index in [2.05, 4.69) is 0 Å². The van der Waals surface area contributed by atoms with Crippen molar-refractivity contribution in [2.24, 2.45) is 5.92 Å². The fourth-order valence-electron chi connectivity index (χ4n) is 3.09. The second-order valence-corrected chi connectivity index (χ2v) is 5.57. The maximum absolute atomic E-state index is 12.3. The van der Waals surface area contributed by atoms with Crippen molar-refractivity contribution in [1.82, 2.24) is 4.90 Å². The number of carbonyl (C=O) groups is 3. The van der Waals surface area contributed by atoms with Gasteiger partial charge in [0.05, 0.1) is 13.0 Å². The van der Waals surface area contributed by atoms with Gasteiger partial charge in [-0.25, -0.2) is 0 Å². The summed E-state index contributed by atoms with van der Waals surface area (Å²) in [6.07, 6.45) is 4.14. The average Bonchev–Trinajstić information content (AvgIpc) is 2.97. The Labute approximate surface area is 117 Å². The van der Waals surface area contributed by atoms with Crippen LogP contribution in [0, 0.1) is 5.92 Å². The van der Waals surface area contributed by atoms with Crippen LogP contribution < -0.4 is 0 Å². The van der Waals surface area contributed by atoms with E-state index in [9.17, 15) is 14.4 Å². The number of hydrogen-bond acceptors (Lipinski definition) is 3. The number of ketones is 1. The molecule has 20 heavy (non-hydrogen) atoms. The van der Waals surface area contributed by atoms with Crippen LogP contribution in [0.2, 0.25) is 0 Å². The van der Waals surface area contributed by atoms with E-state index in [0.717, 1.165) is 36.1 Å². The van der Waals surface area contributed by atoms with Crippen LogP contribution in [0.25, 0.3) is 0 Å². The van der Waals surface area contributed by atoms with Crippen molar-refractivity contribution < 1.29 is 14.4 Å². The first-order valence-electron chi connectivity index (χ1n) is 7.12. The summed E-state index contributed by atoms with van der Waals surface area (Å²) in [5, 5.41) is 0. The highest BCUT2D eigenvalue weighted by molar-refractivity contribution is 6.11. The number of amides is 2. The van der Waals surface area contributed by atoms with E-state index >= 15 is 0 Å². The molecule has 0 bridgehead atoms. The molecule has 0 atom stereocenters. The van der Waals surface area contributed by atoms with Crippen molar-refractivity contribution >= 4 is 17.6 Å². The minimum Gasteiger partial charge on any atom is -0.297 e. The summed E-state index contributed by atoms with van der Waals surface area (Å²) in [5.41, 5.74) is 1.30. The molecule has 4 heteroatoms. The Bertz CT molecular complexity index is 573. The lowest BCUT2D eigenvalue weighted by Gasteiger charge is -2.27. The Morgan fingerprint density at radius 2 is 1.85 bits per heavy atom. The molecule has 0 N–H and O–H groups in total. The van der Waals surface area contributed by atoms with Gasteiger partial charge in [0.1, 0.15) is 0 Å². The van der Waals surface area contributed by atoms with Crippen LogP contribution in [0.4, 0.5) is 0 Å². The van der Waals surface area contributed by atoms with E-state index in [-0.39, 0.29) is 36.5 Å². The SMILES string of the molecule is O=C(CN1C(=O)Cc2ccccc2C1=O)C1CCCC1. The van der Waals surface area contributed by atoms with Crippen LogP contribution in [0.1, 0.15) is 41.6 Å². The zero-order valence-corrected chi connectivity index (χ0v) is 11.3. The third-order valence-electron chi connectivity index (χ3n) is 4.26. The molecule has 2 amide bonds. The molecule has 1 heterocycles. The van der Waals surface area contributed by atoms with E-state index in [1.807, 2.05) is 6.07 Å². The fourth-order valence-corrected chi connectivity index (χ4v) is 3.09. The van der Waals surface area contributed by atoms with Gasteiger partial charge in [0.15, 0.2) is 5.78 Å². The summed E-state index contributed by atoms with van der Waals surface area (Å²) < 4.78 is 0. The Kier molecular flexibility index (Phi) is 3.38. The smallest absolute Gasteiger partial charge is 0.261 e. The van der Waals surface area contributed by atoms with Crippen LogP contribution in [0.15, 0.2) is 24.3 Å². The summed E-state index contributed by atoms with van der Waals surface area (Å²) >= 11 is 0. The van der Waals surface area contributed by atoms with Gasteiger partial charge < -0.3 is 0 Å². The van der Waals surface area contributed by atoms with Gasteiger partial charge >= 0.3 is 0 Å². The Hall–Kier alpha value is -1.97. The lowest BCUT2D eigenvalue weighted by Crippen LogP contribution is -2.45. The third kappa shape index (κ3) is 2.26. The molecular weight excluding hydrogens is 254 g/mol. The van der Waals surface area contributed by atoms with Crippen LogP contribution in [-0.2, 0) is 16.0 Å². The zero-order chi connectivity index (χ0) is 14.1. The molecule has 0 aromatic heterocycles. The molecule has 1 fully saturated rings. The Morgan fingerprint density at radius 3 is 2.60 bits per heavy atom. The highest BCUT2D eigenvalue weighted by Crippen LogP contribution is 2.27. The number of fused-ring (bicyclic) bond motifs is 1. The minimum absolute atomic E-state index is 0.0311. The van der Waals surface area contributed by atoms with E-state index in [1.165, 1.54) is 0 Å². The summed E-state index contributed by atoms with van der Waals surface area (Å²) in [6, 6.07) is 7.11. The predicted octanol–water partition coefficient (Wildman–Crippen LogP) is 1.97. The molecule has 0 radical (unpaired) electrons. The first kappa shape index (κ1) is 13.0. The van der Waals surface area contributed by atoms with Crippen molar-refractivity contribution in [2.75, 3.05) is 6.54 Å². The normalized spacial score (nSPS) is 19.3. The average molecular weight is 271 g/mol. The zero-order valence-electron chi connectivity index (χ0n) is 11.3. The quantitative estimate of drug-likeness (QED) is 0.790. The molecule has 2 aliphatic rings. The molecule has 1 aromatic carbocycles. The van der Waals surface area contributed by atoms with Crippen LogP contribution in [0.3, 0.4) is 0 Å². The number of benzene rings is 1. The number of hydrogen-bond donors (Lipinski definition) is 0. The van der Waals surface area contributed by atoms with Crippen molar-refractivity contribution in [1.29, 1.82) is 0 Å². The van der Waals surface area contributed by atoms with Gasteiger partial charge in [-0.1, -0.05) is 31.0 Å². The molecule has 0 unspecified atom stereocenters.